The first-order valence-electron chi connectivity index (χ1n) is 5.79. The van der Waals surface area contributed by atoms with Gasteiger partial charge in [-0.25, -0.2) is 8.42 Å². The molecule has 1 aromatic rings. The van der Waals surface area contributed by atoms with Crippen LogP contribution in [0.4, 0.5) is 0 Å². The highest BCUT2D eigenvalue weighted by atomic mass is 32.2. The van der Waals surface area contributed by atoms with Crippen molar-refractivity contribution in [3.05, 3.63) is 34.4 Å². The first kappa shape index (κ1) is 14.2. The summed E-state index contributed by atoms with van der Waals surface area (Å²) in [6.45, 7) is 10.5. The molecule has 0 saturated carbocycles. The van der Waals surface area contributed by atoms with Gasteiger partial charge in [0.1, 0.15) is 0 Å². The summed E-state index contributed by atoms with van der Waals surface area (Å²) in [5.74, 6) is 0.134. The molecule has 0 aliphatic carbocycles. The Labute approximate surface area is 105 Å². The summed E-state index contributed by atoms with van der Waals surface area (Å²) in [4.78, 5) is 0. The molecule has 0 unspecified atom stereocenters. The first-order chi connectivity index (χ1) is 7.50. The summed E-state index contributed by atoms with van der Waals surface area (Å²) in [6, 6.07) is 4.21. The van der Waals surface area contributed by atoms with Crippen LogP contribution in [-0.4, -0.2) is 14.7 Å². The fourth-order valence-electron chi connectivity index (χ4n) is 1.92. The summed E-state index contributed by atoms with van der Waals surface area (Å²) in [5, 5.41) is 0. The molecule has 0 amide bonds. The van der Waals surface area contributed by atoms with Gasteiger partial charge in [-0.05, 0) is 41.5 Å². The molecule has 0 fully saturated rings. The average molecular weight is 254 g/mol. The molecule has 0 bridgehead atoms. The number of hydrogen-bond acceptors (Lipinski definition) is 2. The van der Waals surface area contributed by atoms with Crippen LogP contribution in [0.5, 0.6) is 0 Å². The molecule has 0 aromatic heterocycles. The van der Waals surface area contributed by atoms with E-state index < -0.39 is 9.84 Å². The minimum atomic E-state index is -2.97. The summed E-state index contributed by atoms with van der Waals surface area (Å²) in [5.41, 5.74) is 4.44. The Kier molecular flexibility index (Phi) is 3.72. The number of sulfone groups is 1. The Balaban J connectivity index is 3.30. The van der Waals surface area contributed by atoms with Crippen LogP contribution in [0.1, 0.15) is 43.0 Å². The third kappa shape index (κ3) is 3.84. The van der Waals surface area contributed by atoms with Crippen LogP contribution >= 0.6 is 0 Å². The molecule has 0 spiro atoms. The largest absolute Gasteiger partial charge is 0.229 e. The average Bonchev–Trinajstić information content (AvgIpc) is 2.07. The van der Waals surface area contributed by atoms with Gasteiger partial charge in [0, 0.05) is 6.26 Å². The van der Waals surface area contributed by atoms with E-state index in [2.05, 4.69) is 32.9 Å². The Hall–Kier alpha value is -0.830. The molecule has 0 heterocycles. The summed E-state index contributed by atoms with van der Waals surface area (Å²) >= 11 is 0. The van der Waals surface area contributed by atoms with Crippen molar-refractivity contribution in [3.8, 4) is 0 Å². The Bertz CT molecular complexity index is 497. The Morgan fingerprint density at radius 2 is 1.47 bits per heavy atom. The zero-order chi connectivity index (χ0) is 13.4. The molecular weight excluding hydrogens is 232 g/mol. The maximum Gasteiger partial charge on any atom is 0.151 e. The van der Waals surface area contributed by atoms with Crippen molar-refractivity contribution < 1.29 is 8.42 Å². The van der Waals surface area contributed by atoms with E-state index in [4.69, 9.17) is 0 Å². The molecule has 0 N–H and O–H groups in total. The second-order valence-electron chi connectivity index (χ2n) is 5.91. The van der Waals surface area contributed by atoms with Gasteiger partial charge in [0.25, 0.3) is 0 Å². The molecule has 0 aliphatic heterocycles. The maximum atomic E-state index is 11.4. The van der Waals surface area contributed by atoms with Gasteiger partial charge in [0.15, 0.2) is 9.84 Å². The maximum absolute atomic E-state index is 11.4. The number of rotatable bonds is 2. The highest BCUT2D eigenvalue weighted by molar-refractivity contribution is 7.89. The Morgan fingerprint density at radius 3 is 1.76 bits per heavy atom. The van der Waals surface area contributed by atoms with Crippen LogP contribution in [0.3, 0.4) is 0 Å². The van der Waals surface area contributed by atoms with Crippen molar-refractivity contribution in [2.75, 3.05) is 6.26 Å². The van der Waals surface area contributed by atoms with Crippen molar-refractivity contribution in [1.29, 1.82) is 0 Å². The molecule has 3 heteroatoms. The Morgan fingerprint density at radius 1 is 1.06 bits per heavy atom. The van der Waals surface area contributed by atoms with Crippen LogP contribution in [0, 0.1) is 13.8 Å². The van der Waals surface area contributed by atoms with Gasteiger partial charge in [-0.1, -0.05) is 32.9 Å². The van der Waals surface area contributed by atoms with Crippen molar-refractivity contribution in [2.24, 2.45) is 0 Å². The molecule has 96 valence electrons. The fourth-order valence-corrected chi connectivity index (χ4v) is 2.90. The lowest BCUT2D eigenvalue weighted by molar-refractivity contribution is 0.588. The topological polar surface area (TPSA) is 34.1 Å². The van der Waals surface area contributed by atoms with Gasteiger partial charge < -0.3 is 0 Å². The minimum absolute atomic E-state index is 0.0964. The van der Waals surface area contributed by atoms with Crippen molar-refractivity contribution in [3.63, 3.8) is 0 Å². The van der Waals surface area contributed by atoms with Crippen LogP contribution in [0.2, 0.25) is 0 Å². The van der Waals surface area contributed by atoms with Crippen molar-refractivity contribution >= 4 is 9.84 Å². The van der Waals surface area contributed by atoms with Gasteiger partial charge >= 0.3 is 0 Å². The second-order valence-corrected chi connectivity index (χ2v) is 8.05. The lowest BCUT2D eigenvalue weighted by Crippen LogP contribution is -2.13. The van der Waals surface area contributed by atoms with E-state index >= 15 is 0 Å². The summed E-state index contributed by atoms with van der Waals surface area (Å²) < 4.78 is 22.8. The van der Waals surface area contributed by atoms with E-state index in [0.717, 1.165) is 16.7 Å². The molecule has 0 aliphatic rings. The predicted octanol–water partition coefficient (Wildman–Crippen LogP) is 3.15. The van der Waals surface area contributed by atoms with E-state index in [1.54, 1.807) is 0 Å². The zero-order valence-electron chi connectivity index (χ0n) is 11.6. The predicted molar refractivity (Wildman–Crippen MR) is 73.2 cm³/mol. The molecular formula is C14H22O2S. The summed E-state index contributed by atoms with van der Waals surface area (Å²) in [6.07, 6.45) is 1.28. The number of benzene rings is 1. The number of aryl methyl sites for hydroxylation is 2. The molecule has 0 radical (unpaired) electrons. The van der Waals surface area contributed by atoms with E-state index in [9.17, 15) is 8.42 Å². The van der Waals surface area contributed by atoms with E-state index in [1.807, 2.05) is 13.8 Å². The molecule has 0 saturated heterocycles. The zero-order valence-corrected chi connectivity index (χ0v) is 12.4. The van der Waals surface area contributed by atoms with Crippen LogP contribution < -0.4 is 0 Å². The SMILES string of the molecule is Cc1cc(C(C)(C)C)cc(C)c1CS(C)(=O)=O. The van der Waals surface area contributed by atoms with Gasteiger partial charge in [0.2, 0.25) is 0 Å². The third-order valence-corrected chi connectivity index (χ3v) is 3.78. The molecule has 1 aromatic carbocycles. The van der Waals surface area contributed by atoms with Crippen molar-refractivity contribution in [1.82, 2.24) is 0 Å². The van der Waals surface area contributed by atoms with Gasteiger partial charge in [-0.15, -0.1) is 0 Å². The second kappa shape index (κ2) is 4.45. The van der Waals surface area contributed by atoms with Crippen molar-refractivity contribution in [2.45, 2.75) is 45.8 Å². The molecule has 2 nitrogen and oxygen atoms in total. The van der Waals surface area contributed by atoms with E-state index in [-0.39, 0.29) is 11.2 Å². The normalized spacial score (nSPS) is 12.8. The van der Waals surface area contributed by atoms with E-state index in [1.165, 1.54) is 11.8 Å². The van der Waals surface area contributed by atoms with Gasteiger partial charge in [-0.2, -0.15) is 0 Å². The van der Waals surface area contributed by atoms with Gasteiger partial charge in [0.05, 0.1) is 5.75 Å². The molecule has 17 heavy (non-hydrogen) atoms. The first-order valence-corrected chi connectivity index (χ1v) is 7.85. The number of hydrogen-bond donors (Lipinski definition) is 0. The lowest BCUT2D eigenvalue weighted by Gasteiger charge is -2.22. The molecule has 1 rings (SSSR count). The molecule has 0 atom stereocenters. The monoisotopic (exact) mass is 254 g/mol. The van der Waals surface area contributed by atoms with E-state index in [0.29, 0.717) is 0 Å². The standard InChI is InChI=1S/C14H22O2S/c1-10-7-12(14(3,4)5)8-11(2)13(10)9-17(6,15)16/h7-8H,9H2,1-6H3. The van der Waals surface area contributed by atoms with Crippen LogP contribution in [-0.2, 0) is 21.0 Å². The fraction of sp³-hybridized carbons (Fsp3) is 0.571. The minimum Gasteiger partial charge on any atom is -0.229 e. The van der Waals surface area contributed by atoms with Crippen LogP contribution in [0.15, 0.2) is 12.1 Å². The highest BCUT2D eigenvalue weighted by Gasteiger charge is 2.17. The highest BCUT2D eigenvalue weighted by Crippen LogP contribution is 2.27. The summed E-state index contributed by atoms with van der Waals surface area (Å²) in [7, 11) is -2.97. The van der Waals surface area contributed by atoms with Gasteiger partial charge in [-0.3, -0.25) is 0 Å². The lowest BCUT2D eigenvalue weighted by atomic mass is 9.84. The quantitative estimate of drug-likeness (QED) is 0.812. The third-order valence-electron chi connectivity index (χ3n) is 2.97. The smallest absolute Gasteiger partial charge is 0.151 e. The van der Waals surface area contributed by atoms with Crippen LogP contribution in [0.25, 0.3) is 0 Å².